The van der Waals surface area contributed by atoms with Crippen LogP contribution in [0.5, 0.6) is 0 Å². The van der Waals surface area contributed by atoms with E-state index in [0.29, 0.717) is 5.92 Å². The van der Waals surface area contributed by atoms with Crippen LogP contribution in [0.15, 0.2) is 18.3 Å². The number of pyridine rings is 1. The first-order valence-electron chi connectivity index (χ1n) is 6.27. The van der Waals surface area contributed by atoms with Crippen LogP contribution in [0.2, 0.25) is 0 Å². The van der Waals surface area contributed by atoms with Gasteiger partial charge in [-0.1, -0.05) is 25.2 Å². The van der Waals surface area contributed by atoms with Crippen molar-refractivity contribution >= 4 is 16.3 Å². The van der Waals surface area contributed by atoms with Crippen molar-refractivity contribution in [2.45, 2.75) is 27.2 Å². The van der Waals surface area contributed by atoms with Crippen molar-refractivity contribution in [2.24, 2.45) is 5.92 Å². The van der Waals surface area contributed by atoms with E-state index < -0.39 is 0 Å². The lowest BCUT2D eigenvalue weighted by atomic mass is 10.1. The van der Waals surface area contributed by atoms with E-state index in [-0.39, 0.29) is 0 Å². The van der Waals surface area contributed by atoms with Crippen LogP contribution in [0.3, 0.4) is 0 Å². The predicted octanol–water partition coefficient (Wildman–Crippen LogP) is 2.75. The van der Waals surface area contributed by atoms with E-state index in [9.17, 15) is 0 Å². The minimum atomic E-state index is 0.540. The minimum Gasteiger partial charge on any atom is -0.261 e. The number of nitrogens with zero attached hydrogens (tertiary/aromatic N) is 5. The summed E-state index contributed by atoms with van der Waals surface area (Å²) in [5.41, 5.74) is 2.03. The van der Waals surface area contributed by atoms with Crippen LogP contribution < -0.4 is 0 Å². The van der Waals surface area contributed by atoms with Crippen molar-refractivity contribution in [2.75, 3.05) is 0 Å². The topological polar surface area (TPSA) is 56.0 Å². The zero-order chi connectivity index (χ0) is 13.4. The lowest BCUT2D eigenvalue weighted by Crippen LogP contribution is -2.01. The van der Waals surface area contributed by atoms with Gasteiger partial charge >= 0.3 is 0 Å². The molecule has 0 saturated heterocycles. The van der Waals surface area contributed by atoms with Crippen molar-refractivity contribution in [3.05, 3.63) is 29.8 Å². The number of aromatic nitrogens is 5. The highest BCUT2D eigenvalue weighted by Crippen LogP contribution is 2.25. The van der Waals surface area contributed by atoms with Crippen LogP contribution in [0.1, 0.15) is 25.4 Å². The minimum absolute atomic E-state index is 0.540. The third-order valence-electron chi connectivity index (χ3n) is 2.80. The third kappa shape index (κ3) is 2.35. The second kappa shape index (κ2) is 4.70. The molecular formula is C13H15N5S. The van der Waals surface area contributed by atoms with Crippen molar-refractivity contribution in [1.29, 1.82) is 0 Å². The Morgan fingerprint density at radius 3 is 2.79 bits per heavy atom. The average molecular weight is 273 g/mol. The highest BCUT2D eigenvalue weighted by Gasteiger charge is 2.13. The maximum Gasteiger partial charge on any atom is 0.234 e. The van der Waals surface area contributed by atoms with Gasteiger partial charge in [-0.3, -0.25) is 4.98 Å². The van der Waals surface area contributed by atoms with Crippen molar-refractivity contribution in [3.8, 4) is 10.6 Å². The molecule has 3 aromatic heterocycles. The lowest BCUT2D eigenvalue weighted by molar-refractivity contribution is 0.607. The van der Waals surface area contributed by atoms with Gasteiger partial charge in [0.25, 0.3) is 0 Å². The zero-order valence-corrected chi connectivity index (χ0v) is 12.0. The molecule has 0 aliphatic carbocycles. The van der Waals surface area contributed by atoms with E-state index >= 15 is 0 Å². The normalized spacial score (nSPS) is 11.6. The molecule has 0 bridgehead atoms. The second-order valence-corrected chi connectivity index (χ2v) is 5.96. The fraction of sp³-hybridized carbons (Fsp3) is 0.385. The van der Waals surface area contributed by atoms with Gasteiger partial charge < -0.3 is 0 Å². The summed E-state index contributed by atoms with van der Waals surface area (Å²) in [5.74, 6) is 1.46. The monoisotopic (exact) mass is 273 g/mol. The van der Waals surface area contributed by atoms with Gasteiger partial charge in [-0.15, -0.1) is 10.2 Å². The third-order valence-corrected chi connectivity index (χ3v) is 3.75. The van der Waals surface area contributed by atoms with Crippen LogP contribution in [0.4, 0.5) is 0 Å². The number of fused-ring (bicyclic) bond motifs is 1. The molecule has 19 heavy (non-hydrogen) atoms. The summed E-state index contributed by atoms with van der Waals surface area (Å²) in [7, 11) is 0. The van der Waals surface area contributed by atoms with Gasteiger partial charge in [-0.05, 0) is 25.0 Å². The summed E-state index contributed by atoms with van der Waals surface area (Å²) in [5, 5.41) is 13.9. The molecule has 0 atom stereocenters. The molecule has 0 N–H and O–H groups in total. The molecule has 6 heteroatoms. The molecule has 0 saturated carbocycles. The Hall–Kier alpha value is -1.82. The van der Waals surface area contributed by atoms with Crippen molar-refractivity contribution in [1.82, 2.24) is 24.8 Å². The first-order chi connectivity index (χ1) is 9.13. The van der Waals surface area contributed by atoms with Gasteiger partial charge in [0.15, 0.2) is 5.82 Å². The molecule has 0 radical (unpaired) electrons. The molecule has 0 amide bonds. The maximum absolute atomic E-state index is 4.60. The van der Waals surface area contributed by atoms with Crippen molar-refractivity contribution < 1.29 is 0 Å². The number of rotatable bonds is 3. The smallest absolute Gasteiger partial charge is 0.234 e. The van der Waals surface area contributed by atoms with Gasteiger partial charge in [-0.2, -0.15) is 9.61 Å². The quantitative estimate of drug-likeness (QED) is 0.736. The van der Waals surface area contributed by atoms with Crippen LogP contribution >= 0.6 is 11.3 Å². The van der Waals surface area contributed by atoms with E-state index in [4.69, 9.17) is 0 Å². The Morgan fingerprint density at radius 1 is 1.26 bits per heavy atom. The number of aryl methyl sites for hydroxylation is 1. The molecule has 3 heterocycles. The molecular weight excluding hydrogens is 258 g/mol. The summed E-state index contributed by atoms with van der Waals surface area (Å²) < 4.78 is 1.85. The zero-order valence-electron chi connectivity index (χ0n) is 11.2. The molecule has 0 aliphatic rings. The molecule has 3 rings (SSSR count). The molecule has 5 nitrogen and oxygen atoms in total. The Bertz CT molecular complexity index is 695. The lowest BCUT2D eigenvalue weighted by Gasteiger charge is -1.99. The molecule has 0 aliphatic heterocycles. The van der Waals surface area contributed by atoms with Gasteiger partial charge in [-0.25, -0.2) is 0 Å². The molecule has 98 valence electrons. The summed E-state index contributed by atoms with van der Waals surface area (Å²) in [6.07, 6.45) is 2.74. The number of hydrogen-bond donors (Lipinski definition) is 0. The molecule has 0 aromatic carbocycles. The van der Waals surface area contributed by atoms with Crippen LogP contribution in [-0.2, 0) is 6.42 Å². The van der Waals surface area contributed by atoms with E-state index in [1.807, 2.05) is 29.8 Å². The highest BCUT2D eigenvalue weighted by atomic mass is 32.1. The van der Waals surface area contributed by atoms with Crippen LogP contribution in [0, 0.1) is 12.8 Å². The summed E-state index contributed by atoms with van der Waals surface area (Å²) in [6.45, 7) is 6.31. The standard InChI is InChI=1S/C13H15N5S/c1-8(2)6-11-15-16-13-18(11)17-12(19-13)10-5-4-9(3)14-7-10/h4-5,7-8H,6H2,1-3H3. The second-order valence-electron chi connectivity index (χ2n) is 5.00. The van der Waals surface area contributed by atoms with Crippen molar-refractivity contribution in [3.63, 3.8) is 0 Å². The Labute approximate surface area is 115 Å². The predicted molar refractivity (Wildman–Crippen MR) is 75.2 cm³/mol. The van der Waals surface area contributed by atoms with E-state index in [0.717, 1.165) is 33.5 Å². The molecule has 0 fully saturated rings. The van der Waals surface area contributed by atoms with Gasteiger partial charge in [0.1, 0.15) is 5.01 Å². The first kappa shape index (κ1) is 12.2. The Kier molecular flexibility index (Phi) is 3.02. The first-order valence-corrected chi connectivity index (χ1v) is 7.09. The fourth-order valence-electron chi connectivity index (χ4n) is 1.86. The van der Waals surface area contributed by atoms with Gasteiger partial charge in [0.05, 0.1) is 0 Å². The van der Waals surface area contributed by atoms with E-state index in [2.05, 4.69) is 34.1 Å². The molecule has 3 aromatic rings. The average Bonchev–Trinajstić information content (AvgIpc) is 2.92. The Morgan fingerprint density at radius 2 is 2.11 bits per heavy atom. The molecule has 0 spiro atoms. The summed E-state index contributed by atoms with van der Waals surface area (Å²) >= 11 is 1.54. The van der Waals surface area contributed by atoms with E-state index in [1.54, 1.807) is 11.3 Å². The SMILES string of the molecule is Cc1ccc(-c2nn3c(CC(C)C)nnc3s2)cn1. The molecule has 0 unspecified atom stereocenters. The Balaban J connectivity index is 2.02. The van der Waals surface area contributed by atoms with Gasteiger partial charge in [0, 0.05) is 23.9 Å². The summed E-state index contributed by atoms with van der Waals surface area (Å²) in [6, 6.07) is 4.03. The van der Waals surface area contributed by atoms with E-state index in [1.165, 1.54) is 0 Å². The summed E-state index contributed by atoms with van der Waals surface area (Å²) in [4.78, 5) is 5.14. The number of hydrogen-bond acceptors (Lipinski definition) is 5. The van der Waals surface area contributed by atoms with Crippen LogP contribution in [0.25, 0.3) is 15.5 Å². The fourth-order valence-corrected chi connectivity index (χ4v) is 2.71. The van der Waals surface area contributed by atoms with Crippen LogP contribution in [-0.4, -0.2) is 24.8 Å². The highest BCUT2D eigenvalue weighted by molar-refractivity contribution is 7.19. The van der Waals surface area contributed by atoms with Gasteiger partial charge in [0.2, 0.25) is 4.96 Å². The maximum atomic E-state index is 4.60. The largest absolute Gasteiger partial charge is 0.261 e.